The number of ether oxygens (including phenoxy) is 1. The van der Waals surface area contributed by atoms with E-state index < -0.39 is 23.2 Å². The van der Waals surface area contributed by atoms with Crippen molar-refractivity contribution in [3.63, 3.8) is 0 Å². The van der Waals surface area contributed by atoms with Crippen LogP contribution in [0.25, 0.3) is 0 Å². The Morgan fingerprint density at radius 3 is 2.85 bits per heavy atom. The summed E-state index contributed by atoms with van der Waals surface area (Å²) in [5.74, 6) is -2.06. The number of amides is 1. The number of benzene rings is 1. The standard InChI is InChI=1S/C13H13BrFNO4/c14-10-2-1-9(15)5-8(10)6-11(17)16-13(12(18)19)3-4-20-7-13/h1-2,5H,3-4,6-7H2,(H,16,17)(H,18,19). The second-order valence-electron chi connectivity index (χ2n) is 4.65. The summed E-state index contributed by atoms with van der Waals surface area (Å²) in [5.41, 5.74) is -0.918. The van der Waals surface area contributed by atoms with Crippen molar-refractivity contribution >= 4 is 27.8 Å². The lowest BCUT2D eigenvalue weighted by Crippen LogP contribution is -2.55. The number of nitrogens with one attached hydrogen (secondary N) is 1. The zero-order chi connectivity index (χ0) is 14.8. The van der Waals surface area contributed by atoms with E-state index in [2.05, 4.69) is 21.2 Å². The van der Waals surface area contributed by atoms with Crippen LogP contribution in [0.15, 0.2) is 22.7 Å². The molecule has 0 spiro atoms. The lowest BCUT2D eigenvalue weighted by molar-refractivity contribution is -0.147. The van der Waals surface area contributed by atoms with Gasteiger partial charge in [-0.25, -0.2) is 9.18 Å². The van der Waals surface area contributed by atoms with Gasteiger partial charge >= 0.3 is 5.97 Å². The maximum Gasteiger partial charge on any atom is 0.331 e. The minimum absolute atomic E-state index is 0.0571. The van der Waals surface area contributed by atoms with E-state index >= 15 is 0 Å². The van der Waals surface area contributed by atoms with Crippen molar-refractivity contribution in [3.8, 4) is 0 Å². The molecule has 2 N–H and O–H groups in total. The monoisotopic (exact) mass is 345 g/mol. The van der Waals surface area contributed by atoms with Crippen molar-refractivity contribution in [1.82, 2.24) is 5.32 Å². The predicted molar refractivity (Wildman–Crippen MR) is 71.7 cm³/mol. The molecule has 0 aromatic heterocycles. The van der Waals surface area contributed by atoms with Crippen LogP contribution in [-0.4, -0.2) is 35.7 Å². The number of carbonyl (C=O) groups is 2. The molecule has 1 amide bonds. The average Bonchev–Trinajstić information content (AvgIpc) is 2.83. The number of hydrogen-bond acceptors (Lipinski definition) is 3. The zero-order valence-electron chi connectivity index (χ0n) is 10.5. The van der Waals surface area contributed by atoms with Crippen LogP contribution in [0.1, 0.15) is 12.0 Å². The van der Waals surface area contributed by atoms with Gasteiger partial charge < -0.3 is 15.2 Å². The van der Waals surface area contributed by atoms with Crippen LogP contribution in [-0.2, 0) is 20.7 Å². The molecular weight excluding hydrogens is 333 g/mol. The van der Waals surface area contributed by atoms with E-state index in [9.17, 15) is 19.1 Å². The first-order chi connectivity index (χ1) is 9.43. The second-order valence-corrected chi connectivity index (χ2v) is 5.50. The van der Waals surface area contributed by atoms with Crippen LogP contribution >= 0.6 is 15.9 Å². The maximum absolute atomic E-state index is 13.1. The van der Waals surface area contributed by atoms with E-state index in [0.717, 1.165) is 0 Å². The summed E-state index contributed by atoms with van der Waals surface area (Å²) in [5, 5.41) is 11.7. The smallest absolute Gasteiger partial charge is 0.331 e. The third-order valence-corrected chi connectivity index (χ3v) is 3.94. The third-order valence-electron chi connectivity index (χ3n) is 3.17. The Labute approximate surface area is 123 Å². The zero-order valence-corrected chi connectivity index (χ0v) is 12.1. The molecule has 1 aliphatic rings. The highest BCUT2D eigenvalue weighted by Gasteiger charge is 2.43. The van der Waals surface area contributed by atoms with Crippen molar-refractivity contribution in [2.75, 3.05) is 13.2 Å². The Kier molecular flexibility index (Phi) is 4.39. The molecule has 0 bridgehead atoms. The summed E-state index contributed by atoms with van der Waals surface area (Å²) in [6, 6.07) is 4.01. The van der Waals surface area contributed by atoms with Gasteiger partial charge in [-0.15, -0.1) is 0 Å². The minimum atomic E-state index is -1.38. The molecular formula is C13H13BrFNO4. The lowest BCUT2D eigenvalue weighted by Gasteiger charge is -2.23. The quantitative estimate of drug-likeness (QED) is 0.866. The molecule has 2 rings (SSSR count). The Bertz CT molecular complexity index is 543. The van der Waals surface area contributed by atoms with Crippen molar-refractivity contribution in [1.29, 1.82) is 0 Å². The molecule has 1 fully saturated rings. The molecule has 1 aromatic carbocycles. The van der Waals surface area contributed by atoms with Gasteiger partial charge in [-0.3, -0.25) is 4.79 Å². The van der Waals surface area contributed by atoms with Crippen LogP contribution in [0.5, 0.6) is 0 Å². The molecule has 1 unspecified atom stereocenters. The number of halogens is 2. The van der Waals surface area contributed by atoms with Gasteiger partial charge in [0.2, 0.25) is 5.91 Å². The molecule has 1 aliphatic heterocycles. The number of aliphatic carboxylic acids is 1. The van der Waals surface area contributed by atoms with Crippen LogP contribution in [0.4, 0.5) is 4.39 Å². The van der Waals surface area contributed by atoms with E-state index in [1.807, 2.05) is 0 Å². The third kappa shape index (κ3) is 3.16. The molecule has 1 heterocycles. The van der Waals surface area contributed by atoms with Gasteiger partial charge in [-0.1, -0.05) is 15.9 Å². The summed E-state index contributed by atoms with van der Waals surface area (Å²) < 4.78 is 18.8. The Morgan fingerprint density at radius 1 is 1.50 bits per heavy atom. The fraction of sp³-hybridized carbons (Fsp3) is 0.385. The van der Waals surface area contributed by atoms with Gasteiger partial charge in [0.25, 0.3) is 0 Å². The lowest BCUT2D eigenvalue weighted by atomic mass is 9.98. The number of rotatable bonds is 4. The first-order valence-corrected chi connectivity index (χ1v) is 6.78. The predicted octanol–water partition coefficient (Wildman–Crippen LogP) is 1.49. The Morgan fingerprint density at radius 2 is 2.25 bits per heavy atom. The van der Waals surface area contributed by atoms with Gasteiger partial charge in [0, 0.05) is 17.5 Å². The molecule has 0 aliphatic carbocycles. The van der Waals surface area contributed by atoms with Crippen LogP contribution in [0.2, 0.25) is 0 Å². The van der Waals surface area contributed by atoms with E-state index in [1.54, 1.807) is 0 Å². The number of hydrogen-bond donors (Lipinski definition) is 2. The average molecular weight is 346 g/mol. The molecule has 5 nitrogen and oxygen atoms in total. The summed E-state index contributed by atoms with van der Waals surface area (Å²) in [6.07, 6.45) is 0.117. The normalized spacial score (nSPS) is 21.7. The van der Waals surface area contributed by atoms with Crippen LogP contribution in [0, 0.1) is 5.82 Å². The fourth-order valence-electron chi connectivity index (χ4n) is 2.05. The fourth-order valence-corrected chi connectivity index (χ4v) is 2.44. The van der Waals surface area contributed by atoms with Crippen molar-refractivity contribution < 1.29 is 23.8 Å². The van der Waals surface area contributed by atoms with Gasteiger partial charge in [-0.2, -0.15) is 0 Å². The number of carbonyl (C=O) groups excluding carboxylic acids is 1. The summed E-state index contributed by atoms with van der Waals surface area (Å²) >= 11 is 3.23. The summed E-state index contributed by atoms with van der Waals surface area (Å²) in [4.78, 5) is 23.2. The largest absolute Gasteiger partial charge is 0.479 e. The van der Waals surface area contributed by atoms with Crippen LogP contribution < -0.4 is 5.32 Å². The Hall–Kier alpha value is -1.47. The summed E-state index contributed by atoms with van der Waals surface area (Å²) in [7, 11) is 0. The summed E-state index contributed by atoms with van der Waals surface area (Å²) in [6.45, 7) is 0.231. The SMILES string of the molecule is O=C(Cc1cc(F)ccc1Br)NC1(C(=O)O)CCOC1. The highest BCUT2D eigenvalue weighted by atomic mass is 79.9. The van der Waals surface area contributed by atoms with E-state index in [-0.39, 0.29) is 26.1 Å². The van der Waals surface area contributed by atoms with Crippen molar-refractivity contribution in [2.45, 2.75) is 18.4 Å². The first kappa shape index (κ1) is 14.9. The molecule has 0 radical (unpaired) electrons. The molecule has 108 valence electrons. The van der Waals surface area contributed by atoms with E-state index in [4.69, 9.17) is 4.74 Å². The van der Waals surface area contributed by atoms with Gasteiger partial charge in [0.05, 0.1) is 13.0 Å². The van der Waals surface area contributed by atoms with Crippen molar-refractivity contribution in [3.05, 3.63) is 34.1 Å². The van der Waals surface area contributed by atoms with Gasteiger partial charge in [0.1, 0.15) is 5.82 Å². The highest BCUT2D eigenvalue weighted by molar-refractivity contribution is 9.10. The molecule has 7 heteroatoms. The number of carboxylic acids is 1. The van der Waals surface area contributed by atoms with Gasteiger partial charge in [0.15, 0.2) is 5.54 Å². The topological polar surface area (TPSA) is 75.6 Å². The van der Waals surface area contributed by atoms with Gasteiger partial charge in [-0.05, 0) is 23.8 Å². The van der Waals surface area contributed by atoms with Crippen molar-refractivity contribution in [2.24, 2.45) is 0 Å². The second kappa shape index (κ2) is 5.88. The molecule has 20 heavy (non-hydrogen) atoms. The minimum Gasteiger partial charge on any atom is -0.479 e. The number of carboxylic acid groups (broad SMARTS) is 1. The molecule has 1 aromatic rings. The van der Waals surface area contributed by atoms with Crippen LogP contribution in [0.3, 0.4) is 0 Å². The highest BCUT2D eigenvalue weighted by Crippen LogP contribution is 2.21. The first-order valence-electron chi connectivity index (χ1n) is 5.99. The molecule has 1 saturated heterocycles. The van der Waals surface area contributed by atoms with E-state index in [0.29, 0.717) is 10.0 Å². The van der Waals surface area contributed by atoms with E-state index in [1.165, 1.54) is 18.2 Å². The molecule has 1 atom stereocenters. The molecule has 0 saturated carbocycles. The Balaban J connectivity index is 2.08. The maximum atomic E-state index is 13.1.